The number of anilines is 1. The lowest BCUT2D eigenvalue weighted by Gasteiger charge is -2.27. The molecular weight excluding hydrogens is 388 g/mol. The molecule has 2 saturated heterocycles. The summed E-state index contributed by atoms with van der Waals surface area (Å²) in [5.41, 5.74) is 1.08. The van der Waals surface area contributed by atoms with E-state index in [0.717, 1.165) is 61.5 Å². The minimum atomic E-state index is -0.0887. The van der Waals surface area contributed by atoms with Gasteiger partial charge in [0.2, 0.25) is 5.95 Å². The standard InChI is InChI=1S/C17H25BrN4O3/c1-13(25-16-4-2-3-9-23-16)12-24-21-15-5-7-22(8-6-15)17-19-10-14(18)11-20-17/h10-11,13,16H,2-9,12H2,1H3. The van der Waals surface area contributed by atoms with Crippen LogP contribution in [0.3, 0.4) is 0 Å². The number of hydrogen-bond acceptors (Lipinski definition) is 7. The van der Waals surface area contributed by atoms with Gasteiger partial charge in [0.25, 0.3) is 0 Å². The highest BCUT2D eigenvalue weighted by Crippen LogP contribution is 2.17. The van der Waals surface area contributed by atoms with Crippen molar-refractivity contribution in [2.45, 2.75) is 51.4 Å². The molecule has 7 nitrogen and oxygen atoms in total. The minimum Gasteiger partial charge on any atom is -0.393 e. The van der Waals surface area contributed by atoms with Crippen molar-refractivity contribution < 1.29 is 14.3 Å². The molecule has 0 spiro atoms. The molecule has 2 aliphatic heterocycles. The molecule has 3 rings (SSSR count). The number of rotatable bonds is 6. The van der Waals surface area contributed by atoms with E-state index in [0.29, 0.717) is 6.61 Å². The van der Waals surface area contributed by atoms with Crippen molar-refractivity contribution in [1.82, 2.24) is 9.97 Å². The normalized spacial score (nSPS) is 22.6. The van der Waals surface area contributed by atoms with Gasteiger partial charge in [-0.15, -0.1) is 0 Å². The number of halogens is 1. The van der Waals surface area contributed by atoms with Gasteiger partial charge in [-0.3, -0.25) is 0 Å². The predicted molar refractivity (Wildman–Crippen MR) is 98.7 cm³/mol. The van der Waals surface area contributed by atoms with E-state index in [-0.39, 0.29) is 12.4 Å². The fraction of sp³-hybridized carbons (Fsp3) is 0.706. The first-order valence-corrected chi connectivity index (χ1v) is 9.67. The maximum absolute atomic E-state index is 5.82. The Bertz CT molecular complexity index is 554. The zero-order chi connectivity index (χ0) is 17.5. The Morgan fingerprint density at radius 1 is 1.32 bits per heavy atom. The molecule has 25 heavy (non-hydrogen) atoms. The van der Waals surface area contributed by atoms with Crippen molar-refractivity contribution in [3.05, 3.63) is 16.9 Å². The van der Waals surface area contributed by atoms with Crippen LogP contribution < -0.4 is 4.90 Å². The maximum Gasteiger partial charge on any atom is 0.225 e. The molecule has 0 aromatic carbocycles. The van der Waals surface area contributed by atoms with Gasteiger partial charge in [0.1, 0.15) is 6.61 Å². The number of nitrogens with zero attached hydrogens (tertiary/aromatic N) is 4. The van der Waals surface area contributed by atoms with Crippen molar-refractivity contribution in [2.75, 3.05) is 31.2 Å². The Morgan fingerprint density at radius 3 is 2.76 bits per heavy atom. The number of aromatic nitrogens is 2. The van der Waals surface area contributed by atoms with Crippen LogP contribution in [0.15, 0.2) is 22.0 Å². The van der Waals surface area contributed by atoms with Crippen molar-refractivity contribution in [3.8, 4) is 0 Å². The van der Waals surface area contributed by atoms with E-state index in [4.69, 9.17) is 14.3 Å². The van der Waals surface area contributed by atoms with E-state index in [9.17, 15) is 0 Å². The van der Waals surface area contributed by atoms with Crippen molar-refractivity contribution in [1.29, 1.82) is 0 Å². The van der Waals surface area contributed by atoms with E-state index < -0.39 is 0 Å². The molecule has 2 aliphatic rings. The molecule has 0 N–H and O–H groups in total. The van der Waals surface area contributed by atoms with Crippen LogP contribution in [0.2, 0.25) is 0 Å². The molecule has 0 radical (unpaired) electrons. The quantitative estimate of drug-likeness (QED) is 0.668. The van der Waals surface area contributed by atoms with E-state index >= 15 is 0 Å². The lowest BCUT2D eigenvalue weighted by atomic mass is 10.1. The lowest BCUT2D eigenvalue weighted by molar-refractivity contribution is -0.193. The molecule has 1 aromatic heterocycles. The van der Waals surface area contributed by atoms with E-state index in [1.54, 1.807) is 12.4 Å². The third kappa shape index (κ3) is 5.90. The van der Waals surface area contributed by atoms with Crippen LogP contribution in [0.1, 0.15) is 39.0 Å². The van der Waals surface area contributed by atoms with Crippen molar-refractivity contribution >= 4 is 27.6 Å². The fourth-order valence-corrected chi connectivity index (χ4v) is 3.08. The maximum atomic E-state index is 5.82. The highest BCUT2D eigenvalue weighted by Gasteiger charge is 2.19. The monoisotopic (exact) mass is 412 g/mol. The Hall–Kier alpha value is -1.25. The van der Waals surface area contributed by atoms with Crippen LogP contribution in [0.4, 0.5) is 5.95 Å². The fourth-order valence-electron chi connectivity index (χ4n) is 2.88. The summed E-state index contributed by atoms with van der Waals surface area (Å²) < 4.78 is 12.3. The van der Waals surface area contributed by atoms with Crippen LogP contribution in [0, 0.1) is 0 Å². The molecule has 0 aliphatic carbocycles. The molecule has 0 amide bonds. The van der Waals surface area contributed by atoms with E-state index in [1.165, 1.54) is 6.42 Å². The van der Waals surface area contributed by atoms with Gasteiger partial charge in [0, 0.05) is 44.9 Å². The average Bonchev–Trinajstić information content (AvgIpc) is 2.64. The van der Waals surface area contributed by atoms with E-state index in [1.807, 2.05) is 6.92 Å². The summed E-state index contributed by atoms with van der Waals surface area (Å²) in [4.78, 5) is 16.3. The molecule has 1 aromatic rings. The first-order chi connectivity index (χ1) is 12.2. The third-order valence-electron chi connectivity index (χ3n) is 4.26. The van der Waals surface area contributed by atoms with Gasteiger partial charge in [0.05, 0.1) is 16.3 Å². The summed E-state index contributed by atoms with van der Waals surface area (Å²) in [6, 6.07) is 0. The van der Waals surface area contributed by atoms with Gasteiger partial charge in [-0.05, 0) is 42.1 Å². The minimum absolute atomic E-state index is 0.0243. The molecular formula is C17H25BrN4O3. The molecule has 2 atom stereocenters. The number of piperidine rings is 1. The Kier molecular flexibility index (Phi) is 7.01. The van der Waals surface area contributed by atoms with Gasteiger partial charge in [0.15, 0.2) is 6.29 Å². The second-order valence-electron chi connectivity index (χ2n) is 6.38. The molecule has 8 heteroatoms. The smallest absolute Gasteiger partial charge is 0.225 e. The zero-order valence-electron chi connectivity index (χ0n) is 14.6. The van der Waals surface area contributed by atoms with Crippen LogP contribution in [-0.2, 0) is 14.3 Å². The first kappa shape index (κ1) is 18.5. The molecule has 138 valence electrons. The predicted octanol–water partition coefficient (Wildman–Crippen LogP) is 3.14. The van der Waals surface area contributed by atoms with Crippen LogP contribution in [0.5, 0.6) is 0 Å². The van der Waals surface area contributed by atoms with Gasteiger partial charge in [-0.25, -0.2) is 9.97 Å². The summed E-state index contributed by atoms with van der Waals surface area (Å²) in [5.74, 6) is 0.762. The Balaban J connectivity index is 1.36. The average molecular weight is 413 g/mol. The molecule has 0 saturated carbocycles. The van der Waals surface area contributed by atoms with Crippen LogP contribution in [-0.4, -0.2) is 54.4 Å². The summed E-state index contributed by atoms with van der Waals surface area (Å²) in [7, 11) is 0. The summed E-state index contributed by atoms with van der Waals surface area (Å²) in [6.07, 6.45) is 8.41. The number of ether oxygens (including phenoxy) is 2. The van der Waals surface area contributed by atoms with Gasteiger partial charge < -0.3 is 19.2 Å². The second kappa shape index (κ2) is 9.45. The van der Waals surface area contributed by atoms with E-state index in [2.05, 4.69) is 36.0 Å². The Labute approximate surface area is 156 Å². The third-order valence-corrected chi connectivity index (χ3v) is 4.66. The summed E-state index contributed by atoms with van der Waals surface area (Å²) in [6.45, 7) is 4.94. The zero-order valence-corrected chi connectivity index (χ0v) is 16.2. The highest BCUT2D eigenvalue weighted by atomic mass is 79.9. The highest BCUT2D eigenvalue weighted by molar-refractivity contribution is 9.10. The molecule has 3 heterocycles. The number of oxime groups is 1. The van der Waals surface area contributed by atoms with Crippen LogP contribution in [0.25, 0.3) is 0 Å². The topological polar surface area (TPSA) is 69.1 Å². The summed E-state index contributed by atoms with van der Waals surface area (Å²) in [5, 5.41) is 4.28. The molecule has 0 bridgehead atoms. The molecule has 2 fully saturated rings. The largest absolute Gasteiger partial charge is 0.393 e. The second-order valence-corrected chi connectivity index (χ2v) is 7.30. The van der Waals surface area contributed by atoms with Crippen molar-refractivity contribution in [2.24, 2.45) is 5.16 Å². The lowest BCUT2D eigenvalue weighted by Crippen LogP contribution is -2.35. The first-order valence-electron chi connectivity index (χ1n) is 8.88. The Morgan fingerprint density at radius 2 is 2.08 bits per heavy atom. The number of hydrogen-bond donors (Lipinski definition) is 0. The van der Waals surface area contributed by atoms with Crippen LogP contribution >= 0.6 is 15.9 Å². The van der Waals surface area contributed by atoms with Gasteiger partial charge in [-0.2, -0.15) is 0 Å². The SMILES string of the molecule is CC(CON=C1CCN(c2ncc(Br)cn2)CC1)OC1CCCCO1. The van der Waals surface area contributed by atoms with Gasteiger partial charge in [-0.1, -0.05) is 5.16 Å². The van der Waals surface area contributed by atoms with Crippen molar-refractivity contribution in [3.63, 3.8) is 0 Å². The molecule has 2 unspecified atom stereocenters. The van der Waals surface area contributed by atoms with Gasteiger partial charge >= 0.3 is 0 Å². The summed E-state index contributed by atoms with van der Waals surface area (Å²) >= 11 is 3.35.